The van der Waals surface area contributed by atoms with Gasteiger partial charge in [0.2, 0.25) is 0 Å². The lowest BCUT2D eigenvalue weighted by Gasteiger charge is -2.26. The standard InChI is InChI=1S/C24H36N4S/c1-4-7-13-19-17-11-10-12-18(17)20-21-22(29-24(20)27-19)23(26-16-25-21)28(14-8-5-2)15-9-6-3/h16,20,24H,4-15H2,1-3H3. The topological polar surface area (TPSA) is 41.4 Å². The van der Waals surface area contributed by atoms with Crippen LogP contribution in [-0.2, 0) is 0 Å². The Morgan fingerprint density at radius 1 is 1.00 bits per heavy atom. The summed E-state index contributed by atoms with van der Waals surface area (Å²) in [7, 11) is 0. The molecule has 3 aliphatic rings. The van der Waals surface area contributed by atoms with Crippen molar-refractivity contribution in [3.8, 4) is 0 Å². The summed E-state index contributed by atoms with van der Waals surface area (Å²) in [5, 5.41) is 0.281. The number of aromatic nitrogens is 2. The molecule has 0 radical (unpaired) electrons. The fourth-order valence-corrected chi connectivity index (χ4v) is 6.39. The number of unbranched alkanes of at least 4 members (excludes halogenated alkanes) is 3. The molecule has 0 fully saturated rings. The average Bonchev–Trinajstić information content (AvgIpc) is 3.36. The third kappa shape index (κ3) is 4.12. The van der Waals surface area contributed by atoms with Crippen LogP contribution in [0, 0.1) is 0 Å². The highest BCUT2D eigenvalue weighted by Crippen LogP contribution is 2.56. The molecule has 0 saturated heterocycles. The Labute approximate surface area is 180 Å². The number of fused-ring (bicyclic) bond motifs is 4. The highest BCUT2D eigenvalue weighted by molar-refractivity contribution is 8.00. The van der Waals surface area contributed by atoms with Crippen LogP contribution in [0.5, 0.6) is 0 Å². The van der Waals surface area contributed by atoms with Crippen molar-refractivity contribution >= 4 is 23.3 Å². The number of aliphatic imine (C=N–C) groups is 1. The SMILES string of the molecule is CCCCC1=NC2Sc3c(ncnc3N(CCCC)CCCC)C2C2=C1CCC2. The zero-order valence-electron chi connectivity index (χ0n) is 18.4. The molecule has 5 heteroatoms. The normalized spacial score (nSPS) is 22.4. The first-order chi connectivity index (χ1) is 14.3. The number of anilines is 1. The van der Waals surface area contributed by atoms with E-state index in [9.17, 15) is 0 Å². The molecular formula is C24H36N4S. The first-order valence-electron chi connectivity index (χ1n) is 11.8. The molecule has 0 saturated carbocycles. The Bertz CT molecular complexity index is 777. The molecule has 2 aliphatic heterocycles. The Morgan fingerprint density at radius 3 is 2.48 bits per heavy atom. The zero-order valence-corrected chi connectivity index (χ0v) is 19.2. The molecule has 4 rings (SSSR count). The second-order valence-electron chi connectivity index (χ2n) is 8.63. The molecule has 0 N–H and O–H groups in total. The second kappa shape index (κ2) is 9.63. The van der Waals surface area contributed by atoms with Gasteiger partial charge in [-0.3, -0.25) is 4.99 Å². The van der Waals surface area contributed by atoms with E-state index in [0.717, 1.165) is 19.5 Å². The van der Waals surface area contributed by atoms with E-state index in [-0.39, 0.29) is 5.37 Å². The van der Waals surface area contributed by atoms with Gasteiger partial charge in [-0.2, -0.15) is 0 Å². The maximum absolute atomic E-state index is 5.30. The van der Waals surface area contributed by atoms with Crippen LogP contribution in [0.1, 0.15) is 96.6 Å². The van der Waals surface area contributed by atoms with Crippen LogP contribution in [0.3, 0.4) is 0 Å². The van der Waals surface area contributed by atoms with Crippen LogP contribution in [0.4, 0.5) is 5.82 Å². The molecule has 29 heavy (non-hydrogen) atoms. The van der Waals surface area contributed by atoms with Gasteiger partial charge >= 0.3 is 0 Å². The molecule has 2 atom stereocenters. The molecule has 0 amide bonds. The van der Waals surface area contributed by atoms with E-state index in [1.165, 1.54) is 79.9 Å². The van der Waals surface area contributed by atoms with Crippen molar-refractivity contribution in [1.82, 2.24) is 9.97 Å². The maximum Gasteiger partial charge on any atom is 0.146 e. The molecule has 1 aromatic heterocycles. The van der Waals surface area contributed by atoms with Gasteiger partial charge < -0.3 is 4.90 Å². The minimum absolute atomic E-state index is 0.281. The van der Waals surface area contributed by atoms with Gasteiger partial charge in [0.1, 0.15) is 17.5 Å². The summed E-state index contributed by atoms with van der Waals surface area (Å²) >= 11 is 1.94. The van der Waals surface area contributed by atoms with Crippen molar-refractivity contribution in [1.29, 1.82) is 0 Å². The minimum atomic E-state index is 0.281. The van der Waals surface area contributed by atoms with Gasteiger partial charge in [0.25, 0.3) is 0 Å². The average molecular weight is 413 g/mol. The van der Waals surface area contributed by atoms with Gasteiger partial charge in [-0.25, -0.2) is 9.97 Å². The molecule has 2 unspecified atom stereocenters. The third-order valence-electron chi connectivity index (χ3n) is 6.53. The molecule has 0 aromatic carbocycles. The van der Waals surface area contributed by atoms with Crippen LogP contribution in [0.15, 0.2) is 27.4 Å². The van der Waals surface area contributed by atoms with Gasteiger partial charge in [-0.05, 0) is 50.5 Å². The Kier molecular flexibility index (Phi) is 6.94. The number of hydrogen-bond donors (Lipinski definition) is 0. The predicted octanol–water partition coefficient (Wildman–Crippen LogP) is 6.52. The minimum Gasteiger partial charge on any atom is -0.356 e. The molecule has 1 aliphatic carbocycles. The fraction of sp³-hybridized carbons (Fsp3) is 0.708. The molecule has 4 nitrogen and oxygen atoms in total. The molecular weight excluding hydrogens is 376 g/mol. The lowest BCUT2D eigenvalue weighted by molar-refractivity contribution is 0.657. The molecule has 1 aromatic rings. The first kappa shape index (κ1) is 20.9. The summed E-state index contributed by atoms with van der Waals surface area (Å²) in [6.45, 7) is 9.00. The van der Waals surface area contributed by atoms with Crippen LogP contribution >= 0.6 is 11.8 Å². The third-order valence-corrected chi connectivity index (χ3v) is 7.77. The van der Waals surface area contributed by atoms with Crippen molar-refractivity contribution in [2.75, 3.05) is 18.0 Å². The van der Waals surface area contributed by atoms with Crippen molar-refractivity contribution < 1.29 is 0 Å². The number of hydrogen-bond acceptors (Lipinski definition) is 5. The monoisotopic (exact) mass is 412 g/mol. The number of rotatable bonds is 10. The largest absolute Gasteiger partial charge is 0.356 e. The van der Waals surface area contributed by atoms with E-state index in [1.54, 1.807) is 11.1 Å². The highest BCUT2D eigenvalue weighted by Gasteiger charge is 2.44. The smallest absolute Gasteiger partial charge is 0.146 e. The van der Waals surface area contributed by atoms with Gasteiger partial charge in [0.05, 0.1) is 16.5 Å². The first-order valence-corrected chi connectivity index (χ1v) is 12.7. The van der Waals surface area contributed by atoms with Crippen LogP contribution in [0.2, 0.25) is 0 Å². The Hall–Kier alpha value is -1.36. The van der Waals surface area contributed by atoms with E-state index in [1.807, 2.05) is 18.1 Å². The second-order valence-corrected chi connectivity index (χ2v) is 9.76. The summed E-state index contributed by atoms with van der Waals surface area (Å²) in [6.07, 6.45) is 14.1. The molecule has 3 heterocycles. The molecule has 0 spiro atoms. The quantitative estimate of drug-likeness (QED) is 0.438. The lowest BCUT2D eigenvalue weighted by atomic mass is 9.87. The van der Waals surface area contributed by atoms with Crippen LogP contribution in [-0.4, -0.2) is 34.1 Å². The predicted molar refractivity (Wildman–Crippen MR) is 124 cm³/mol. The molecule has 0 bridgehead atoms. The van der Waals surface area contributed by atoms with E-state index < -0.39 is 0 Å². The summed E-state index contributed by atoms with van der Waals surface area (Å²) in [4.78, 5) is 18.8. The summed E-state index contributed by atoms with van der Waals surface area (Å²) in [5.41, 5.74) is 5.91. The van der Waals surface area contributed by atoms with E-state index in [4.69, 9.17) is 15.0 Å². The summed E-state index contributed by atoms with van der Waals surface area (Å²) < 4.78 is 0. The van der Waals surface area contributed by atoms with E-state index in [2.05, 4.69) is 25.7 Å². The summed E-state index contributed by atoms with van der Waals surface area (Å²) in [5.74, 6) is 1.56. The lowest BCUT2D eigenvalue weighted by Crippen LogP contribution is -2.27. The summed E-state index contributed by atoms with van der Waals surface area (Å²) in [6, 6.07) is 0. The van der Waals surface area contributed by atoms with Crippen LogP contribution < -0.4 is 4.90 Å². The van der Waals surface area contributed by atoms with Gasteiger partial charge in [-0.1, -0.05) is 57.4 Å². The zero-order chi connectivity index (χ0) is 20.2. The number of dihydropyridines is 1. The van der Waals surface area contributed by atoms with Crippen molar-refractivity contribution in [3.05, 3.63) is 23.2 Å². The Morgan fingerprint density at radius 2 is 1.76 bits per heavy atom. The molecule has 158 valence electrons. The van der Waals surface area contributed by atoms with Crippen molar-refractivity contribution in [3.63, 3.8) is 0 Å². The number of nitrogens with zero attached hydrogens (tertiary/aromatic N) is 4. The van der Waals surface area contributed by atoms with Gasteiger partial charge in [0, 0.05) is 18.8 Å². The van der Waals surface area contributed by atoms with Gasteiger partial charge in [0.15, 0.2) is 0 Å². The fourth-order valence-electron chi connectivity index (χ4n) is 4.95. The van der Waals surface area contributed by atoms with E-state index >= 15 is 0 Å². The van der Waals surface area contributed by atoms with Crippen molar-refractivity contribution in [2.24, 2.45) is 4.99 Å². The van der Waals surface area contributed by atoms with E-state index in [0.29, 0.717) is 5.92 Å². The highest BCUT2D eigenvalue weighted by atomic mass is 32.2. The van der Waals surface area contributed by atoms with Gasteiger partial charge in [-0.15, -0.1) is 0 Å². The number of thioether (sulfide) groups is 1. The Balaban J connectivity index is 1.67. The van der Waals surface area contributed by atoms with Crippen LogP contribution in [0.25, 0.3) is 0 Å². The van der Waals surface area contributed by atoms with Crippen molar-refractivity contribution in [2.45, 2.75) is 101 Å². The maximum atomic E-state index is 5.30. The number of allylic oxidation sites excluding steroid dienone is 1.